The molecule has 0 unspecified atom stereocenters. The number of amides is 1. The van der Waals surface area contributed by atoms with Crippen LogP contribution in [0.3, 0.4) is 0 Å². The summed E-state index contributed by atoms with van der Waals surface area (Å²) >= 11 is 0. The summed E-state index contributed by atoms with van der Waals surface area (Å²) in [6.07, 6.45) is 1.54. The number of aromatic nitrogens is 2. The van der Waals surface area contributed by atoms with Gasteiger partial charge in [-0.05, 0) is 17.7 Å². The number of hydrogen-bond donors (Lipinski definition) is 1. The molecule has 1 aromatic heterocycles. The fourth-order valence-corrected chi connectivity index (χ4v) is 2.85. The van der Waals surface area contributed by atoms with Crippen LogP contribution in [-0.4, -0.2) is 39.9 Å². The van der Waals surface area contributed by atoms with E-state index in [2.05, 4.69) is 15.3 Å². The Morgan fingerprint density at radius 2 is 1.93 bits per heavy atom. The number of non-ortho nitro benzene ring substituents is 1. The lowest BCUT2D eigenvalue weighted by Gasteiger charge is -2.16. The number of nitro groups is 1. The summed E-state index contributed by atoms with van der Waals surface area (Å²) in [5.41, 5.74) is 2.28. The van der Waals surface area contributed by atoms with Crippen LogP contribution in [0.4, 0.5) is 5.69 Å². The number of rotatable bonds is 7. The molecule has 1 amide bonds. The molecule has 0 bridgehead atoms. The minimum atomic E-state index is -0.957. The van der Waals surface area contributed by atoms with Crippen LogP contribution in [0.15, 0.2) is 54.7 Å². The zero-order valence-corrected chi connectivity index (χ0v) is 15.6. The monoisotopic (exact) mass is 394 g/mol. The lowest BCUT2D eigenvalue weighted by molar-refractivity contribution is -0.384. The molecule has 0 aliphatic heterocycles. The molecule has 9 nitrogen and oxygen atoms in total. The Kier molecular flexibility index (Phi) is 6.08. The van der Waals surface area contributed by atoms with Crippen LogP contribution in [0, 0.1) is 10.1 Å². The van der Waals surface area contributed by atoms with Gasteiger partial charge >= 0.3 is 5.97 Å². The Morgan fingerprint density at radius 3 is 2.66 bits per heavy atom. The van der Waals surface area contributed by atoms with Crippen molar-refractivity contribution >= 4 is 28.6 Å². The van der Waals surface area contributed by atoms with Crippen LogP contribution >= 0.6 is 0 Å². The predicted molar refractivity (Wildman–Crippen MR) is 104 cm³/mol. The van der Waals surface area contributed by atoms with Crippen molar-refractivity contribution in [3.63, 3.8) is 0 Å². The standard InChI is InChI=1S/C20H18N4O5/c1-29-20(26)18(11-14-12-21-16-7-2-3-8-17(16)22-14)23-19(25)10-13-5-4-6-15(9-13)24(27)28/h2-9,12,18H,10-11H2,1H3,(H,23,25)/t18-/m1/s1. The highest BCUT2D eigenvalue weighted by atomic mass is 16.6. The van der Waals surface area contributed by atoms with Crippen molar-refractivity contribution in [2.24, 2.45) is 0 Å². The molecule has 3 rings (SSSR count). The first-order valence-electron chi connectivity index (χ1n) is 8.77. The number of ether oxygens (including phenoxy) is 1. The lowest BCUT2D eigenvalue weighted by atomic mass is 10.1. The number of methoxy groups -OCH3 is 1. The molecule has 1 N–H and O–H groups in total. The number of para-hydroxylation sites is 2. The molecule has 29 heavy (non-hydrogen) atoms. The molecule has 9 heteroatoms. The van der Waals surface area contributed by atoms with Crippen molar-refractivity contribution in [2.45, 2.75) is 18.9 Å². The zero-order valence-electron chi connectivity index (χ0n) is 15.6. The summed E-state index contributed by atoms with van der Waals surface area (Å²) in [5, 5.41) is 13.5. The van der Waals surface area contributed by atoms with Crippen molar-refractivity contribution in [1.82, 2.24) is 15.3 Å². The van der Waals surface area contributed by atoms with Crippen LogP contribution in [0.1, 0.15) is 11.3 Å². The second-order valence-corrected chi connectivity index (χ2v) is 6.30. The van der Waals surface area contributed by atoms with Gasteiger partial charge in [-0.25, -0.2) is 9.78 Å². The van der Waals surface area contributed by atoms with Gasteiger partial charge < -0.3 is 10.1 Å². The smallest absolute Gasteiger partial charge is 0.328 e. The van der Waals surface area contributed by atoms with E-state index in [1.807, 2.05) is 18.2 Å². The molecule has 0 saturated carbocycles. The number of carbonyl (C=O) groups is 2. The highest BCUT2D eigenvalue weighted by Crippen LogP contribution is 2.14. The van der Waals surface area contributed by atoms with Crippen molar-refractivity contribution in [3.05, 3.63) is 76.1 Å². The molecule has 3 aromatic rings. The minimum absolute atomic E-state index is 0.102. The van der Waals surface area contributed by atoms with Crippen molar-refractivity contribution in [2.75, 3.05) is 7.11 Å². The Balaban J connectivity index is 1.72. The van der Waals surface area contributed by atoms with Crippen molar-refractivity contribution in [3.8, 4) is 0 Å². The van der Waals surface area contributed by atoms with Gasteiger partial charge in [0.2, 0.25) is 5.91 Å². The van der Waals surface area contributed by atoms with E-state index >= 15 is 0 Å². The Morgan fingerprint density at radius 1 is 1.17 bits per heavy atom. The minimum Gasteiger partial charge on any atom is -0.467 e. The number of esters is 1. The van der Waals surface area contributed by atoms with Gasteiger partial charge in [0.25, 0.3) is 5.69 Å². The third-order valence-corrected chi connectivity index (χ3v) is 4.22. The fraction of sp³-hybridized carbons (Fsp3) is 0.200. The molecule has 0 aliphatic rings. The average molecular weight is 394 g/mol. The van der Waals surface area contributed by atoms with E-state index in [-0.39, 0.29) is 18.5 Å². The summed E-state index contributed by atoms with van der Waals surface area (Å²) in [4.78, 5) is 43.6. The molecule has 2 aromatic carbocycles. The van der Waals surface area contributed by atoms with Crippen LogP contribution in [-0.2, 0) is 27.2 Å². The largest absolute Gasteiger partial charge is 0.467 e. The first-order chi connectivity index (χ1) is 14.0. The van der Waals surface area contributed by atoms with Gasteiger partial charge in [0.1, 0.15) is 6.04 Å². The normalized spacial score (nSPS) is 11.6. The summed E-state index contributed by atoms with van der Waals surface area (Å²) in [6.45, 7) is 0. The number of nitrogens with one attached hydrogen (secondary N) is 1. The van der Waals surface area contributed by atoms with Crippen LogP contribution in [0.25, 0.3) is 11.0 Å². The first kappa shape index (κ1) is 19.9. The van der Waals surface area contributed by atoms with Gasteiger partial charge in [-0.3, -0.25) is 19.9 Å². The van der Waals surface area contributed by atoms with Gasteiger partial charge in [-0.2, -0.15) is 0 Å². The fourth-order valence-electron chi connectivity index (χ4n) is 2.85. The number of fused-ring (bicyclic) bond motifs is 1. The van der Waals surface area contributed by atoms with Crippen LogP contribution < -0.4 is 5.32 Å². The number of hydrogen-bond acceptors (Lipinski definition) is 7. The van der Waals surface area contributed by atoms with E-state index in [0.717, 1.165) is 5.52 Å². The number of nitrogens with zero attached hydrogens (tertiary/aromatic N) is 3. The summed E-state index contributed by atoms with van der Waals surface area (Å²) < 4.78 is 4.78. The molecule has 0 spiro atoms. The van der Waals surface area contributed by atoms with E-state index in [0.29, 0.717) is 16.8 Å². The average Bonchev–Trinajstić information content (AvgIpc) is 2.72. The molecule has 0 radical (unpaired) electrons. The predicted octanol–water partition coefficient (Wildman–Crippen LogP) is 1.98. The van der Waals surface area contributed by atoms with Gasteiger partial charge in [0, 0.05) is 24.8 Å². The molecule has 0 fully saturated rings. The van der Waals surface area contributed by atoms with Gasteiger partial charge in [0.05, 0.1) is 35.2 Å². The molecular weight excluding hydrogens is 376 g/mol. The number of carbonyl (C=O) groups excluding carboxylic acids is 2. The maximum Gasteiger partial charge on any atom is 0.328 e. The molecule has 1 atom stereocenters. The van der Waals surface area contributed by atoms with E-state index in [4.69, 9.17) is 4.74 Å². The van der Waals surface area contributed by atoms with Crippen LogP contribution in [0.5, 0.6) is 0 Å². The Bertz CT molecular complexity index is 1070. The summed E-state index contributed by atoms with van der Waals surface area (Å²) in [6, 6.07) is 12.1. The first-order valence-corrected chi connectivity index (χ1v) is 8.77. The van der Waals surface area contributed by atoms with Gasteiger partial charge in [0.15, 0.2) is 0 Å². The van der Waals surface area contributed by atoms with Crippen LogP contribution in [0.2, 0.25) is 0 Å². The van der Waals surface area contributed by atoms with E-state index in [1.165, 1.54) is 25.3 Å². The zero-order chi connectivity index (χ0) is 20.8. The van der Waals surface area contributed by atoms with Crippen molar-refractivity contribution < 1.29 is 19.2 Å². The second kappa shape index (κ2) is 8.87. The third kappa shape index (κ3) is 5.10. The number of benzene rings is 2. The lowest BCUT2D eigenvalue weighted by Crippen LogP contribution is -2.43. The second-order valence-electron chi connectivity index (χ2n) is 6.30. The summed E-state index contributed by atoms with van der Waals surface area (Å²) in [7, 11) is 1.23. The molecule has 0 aliphatic carbocycles. The SMILES string of the molecule is COC(=O)[C@@H](Cc1cnc2ccccc2n1)NC(=O)Cc1cccc([N+](=O)[O-])c1. The highest BCUT2D eigenvalue weighted by Gasteiger charge is 2.23. The van der Waals surface area contributed by atoms with E-state index in [9.17, 15) is 19.7 Å². The third-order valence-electron chi connectivity index (χ3n) is 4.22. The van der Waals surface area contributed by atoms with E-state index < -0.39 is 22.8 Å². The maximum atomic E-state index is 12.4. The highest BCUT2D eigenvalue weighted by molar-refractivity contribution is 5.86. The van der Waals surface area contributed by atoms with Crippen molar-refractivity contribution in [1.29, 1.82) is 0 Å². The summed E-state index contributed by atoms with van der Waals surface area (Å²) in [5.74, 6) is -1.08. The molecule has 1 heterocycles. The molecule has 148 valence electrons. The van der Waals surface area contributed by atoms with E-state index in [1.54, 1.807) is 18.3 Å². The Hall–Kier alpha value is -3.88. The molecular formula is C20H18N4O5. The topological polar surface area (TPSA) is 124 Å². The Labute approximate surface area is 165 Å². The maximum absolute atomic E-state index is 12.4. The number of nitro benzene ring substituents is 1. The van der Waals surface area contributed by atoms with Gasteiger partial charge in [-0.15, -0.1) is 0 Å². The van der Waals surface area contributed by atoms with Gasteiger partial charge in [-0.1, -0.05) is 24.3 Å². The quantitative estimate of drug-likeness (QED) is 0.369. The molecule has 0 saturated heterocycles.